The lowest BCUT2D eigenvalue weighted by Crippen LogP contribution is -2.27. The molecule has 1 fully saturated rings. The molecular formula is C11H13Cl2NOS. The molecular weight excluding hydrogens is 265 g/mol. The number of nitrogens with one attached hydrogen (secondary N) is 1. The highest BCUT2D eigenvalue weighted by molar-refractivity contribution is 7.99. The fourth-order valence-electron chi connectivity index (χ4n) is 1.70. The number of phenolic OH excluding ortho intramolecular Hbond substituents is 1. The molecule has 1 aliphatic rings. The van der Waals surface area contributed by atoms with Gasteiger partial charge in [0.1, 0.15) is 5.75 Å². The van der Waals surface area contributed by atoms with Gasteiger partial charge in [-0.15, -0.1) is 0 Å². The number of hydrogen-bond acceptors (Lipinski definition) is 3. The molecule has 0 amide bonds. The quantitative estimate of drug-likeness (QED) is 0.889. The van der Waals surface area contributed by atoms with Crippen LogP contribution in [0.4, 0.5) is 0 Å². The van der Waals surface area contributed by atoms with Crippen LogP contribution in [-0.2, 0) is 6.54 Å². The number of hydrogen-bond donors (Lipinski definition) is 2. The summed E-state index contributed by atoms with van der Waals surface area (Å²) in [7, 11) is 0. The van der Waals surface area contributed by atoms with Gasteiger partial charge in [-0.3, -0.25) is 0 Å². The maximum Gasteiger partial charge on any atom is 0.138 e. The Morgan fingerprint density at radius 2 is 2.25 bits per heavy atom. The summed E-state index contributed by atoms with van der Waals surface area (Å²) in [6, 6.07) is 3.83. The summed E-state index contributed by atoms with van der Waals surface area (Å²) in [5.74, 6) is 2.47. The van der Waals surface area contributed by atoms with E-state index in [1.807, 2.05) is 11.8 Å². The van der Waals surface area contributed by atoms with Gasteiger partial charge in [-0.1, -0.05) is 23.2 Å². The molecule has 88 valence electrons. The lowest BCUT2D eigenvalue weighted by atomic mass is 10.2. The maximum absolute atomic E-state index is 9.76. The Morgan fingerprint density at radius 3 is 2.94 bits per heavy atom. The standard InChI is InChI=1S/C11H13Cl2NOS/c12-8-3-7(11(15)10(13)4-8)5-14-9-1-2-16-6-9/h3-4,9,14-15H,1-2,5-6H2. The van der Waals surface area contributed by atoms with Crippen molar-refractivity contribution < 1.29 is 5.11 Å². The topological polar surface area (TPSA) is 32.3 Å². The largest absolute Gasteiger partial charge is 0.506 e. The van der Waals surface area contributed by atoms with E-state index < -0.39 is 0 Å². The Balaban J connectivity index is 2.02. The summed E-state index contributed by atoms with van der Waals surface area (Å²) >= 11 is 13.7. The summed E-state index contributed by atoms with van der Waals surface area (Å²) in [5.41, 5.74) is 0.759. The molecule has 1 aliphatic heterocycles. The van der Waals surface area contributed by atoms with Crippen LogP contribution in [0, 0.1) is 0 Å². The van der Waals surface area contributed by atoms with Crippen molar-refractivity contribution in [3.63, 3.8) is 0 Å². The van der Waals surface area contributed by atoms with Crippen LogP contribution in [0.2, 0.25) is 10.0 Å². The van der Waals surface area contributed by atoms with E-state index in [2.05, 4.69) is 5.32 Å². The van der Waals surface area contributed by atoms with E-state index in [4.69, 9.17) is 23.2 Å². The monoisotopic (exact) mass is 277 g/mol. The highest BCUT2D eigenvalue weighted by Gasteiger charge is 2.15. The molecule has 5 heteroatoms. The molecule has 2 N–H and O–H groups in total. The van der Waals surface area contributed by atoms with E-state index in [0.717, 1.165) is 11.3 Å². The number of rotatable bonds is 3. The zero-order valence-electron chi connectivity index (χ0n) is 8.67. The maximum atomic E-state index is 9.76. The summed E-state index contributed by atoms with van der Waals surface area (Å²) in [4.78, 5) is 0. The predicted molar refractivity (Wildman–Crippen MR) is 70.7 cm³/mol. The minimum absolute atomic E-state index is 0.129. The minimum Gasteiger partial charge on any atom is -0.506 e. The van der Waals surface area contributed by atoms with E-state index in [0.29, 0.717) is 22.6 Å². The predicted octanol–water partition coefficient (Wildman–Crippen LogP) is 3.29. The fourth-order valence-corrected chi connectivity index (χ4v) is 3.43. The summed E-state index contributed by atoms with van der Waals surface area (Å²) in [5, 5.41) is 14.0. The summed E-state index contributed by atoms with van der Waals surface area (Å²) in [6.45, 7) is 0.608. The normalized spacial score (nSPS) is 20.2. The van der Waals surface area contributed by atoms with Crippen LogP contribution in [0.5, 0.6) is 5.75 Å². The van der Waals surface area contributed by atoms with Crippen LogP contribution < -0.4 is 5.32 Å². The first-order chi connectivity index (χ1) is 7.66. The summed E-state index contributed by atoms with van der Waals surface area (Å²) < 4.78 is 0. The molecule has 0 saturated carbocycles. The van der Waals surface area contributed by atoms with Crippen molar-refractivity contribution in [1.82, 2.24) is 5.32 Å². The van der Waals surface area contributed by atoms with Crippen molar-refractivity contribution in [2.24, 2.45) is 0 Å². The number of thioether (sulfide) groups is 1. The molecule has 2 nitrogen and oxygen atoms in total. The van der Waals surface area contributed by atoms with E-state index in [9.17, 15) is 5.11 Å². The van der Waals surface area contributed by atoms with Crippen molar-refractivity contribution in [2.45, 2.75) is 19.0 Å². The second-order valence-electron chi connectivity index (χ2n) is 3.84. The number of aromatic hydroxyl groups is 1. The molecule has 1 aromatic carbocycles. The van der Waals surface area contributed by atoms with Crippen LogP contribution in [0.25, 0.3) is 0 Å². The van der Waals surface area contributed by atoms with Gasteiger partial charge in [-0.25, -0.2) is 0 Å². The van der Waals surface area contributed by atoms with Crippen molar-refractivity contribution in [2.75, 3.05) is 11.5 Å². The van der Waals surface area contributed by atoms with Gasteiger partial charge in [-0.2, -0.15) is 11.8 Å². The molecule has 1 heterocycles. The number of phenols is 1. The Hall–Kier alpha value is -0.0900. The van der Waals surface area contributed by atoms with E-state index >= 15 is 0 Å². The van der Waals surface area contributed by atoms with Gasteiger partial charge in [0, 0.05) is 28.9 Å². The minimum atomic E-state index is 0.129. The lowest BCUT2D eigenvalue weighted by molar-refractivity contribution is 0.460. The van der Waals surface area contributed by atoms with Gasteiger partial charge in [0.2, 0.25) is 0 Å². The van der Waals surface area contributed by atoms with Crippen molar-refractivity contribution in [3.8, 4) is 5.75 Å². The van der Waals surface area contributed by atoms with Crippen LogP contribution >= 0.6 is 35.0 Å². The number of benzene rings is 1. The third-order valence-electron chi connectivity index (χ3n) is 2.62. The number of halogens is 2. The average Bonchev–Trinajstić information content (AvgIpc) is 2.74. The Bertz CT molecular complexity index is 380. The molecule has 1 unspecified atom stereocenters. The zero-order chi connectivity index (χ0) is 11.5. The summed E-state index contributed by atoms with van der Waals surface area (Å²) in [6.07, 6.45) is 1.18. The van der Waals surface area contributed by atoms with Crippen molar-refractivity contribution >= 4 is 35.0 Å². The van der Waals surface area contributed by atoms with Gasteiger partial charge in [-0.05, 0) is 24.3 Å². The second kappa shape index (κ2) is 5.50. The fraction of sp³-hybridized carbons (Fsp3) is 0.455. The molecule has 2 rings (SSSR count). The van der Waals surface area contributed by atoms with Crippen LogP contribution in [0.3, 0.4) is 0 Å². The SMILES string of the molecule is Oc1c(Cl)cc(Cl)cc1CNC1CCSC1. The first-order valence-corrected chi connectivity index (χ1v) is 7.06. The average molecular weight is 278 g/mol. The second-order valence-corrected chi connectivity index (χ2v) is 5.83. The van der Waals surface area contributed by atoms with Gasteiger partial charge in [0.25, 0.3) is 0 Å². The first-order valence-electron chi connectivity index (χ1n) is 5.15. The Kier molecular flexibility index (Phi) is 4.25. The van der Waals surface area contributed by atoms with Crippen molar-refractivity contribution in [1.29, 1.82) is 0 Å². The molecule has 0 aliphatic carbocycles. The molecule has 1 aromatic rings. The third-order valence-corrected chi connectivity index (χ3v) is 4.29. The highest BCUT2D eigenvalue weighted by atomic mass is 35.5. The smallest absolute Gasteiger partial charge is 0.138 e. The zero-order valence-corrected chi connectivity index (χ0v) is 11.0. The van der Waals surface area contributed by atoms with E-state index in [1.54, 1.807) is 12.1 Å². The first kappa shape index (κ1) is 12.4. The Morgan fingerprint density at radius 1 is 1.44 bits per heavy atom. The highest BCUT2D eigenvalue weighted by Crippen LogP contribution is 2.31. The molecule has 0 spiro atoms. The molecule has 1 saturated heterocycles. The van der Waals surface area contributed by atoms with Gasteiger partial charge in [0.15, 0.2) is 0 Å². The van der Waals surface area contributed by atoms with Crippen molar-refractivity contribution in [3.05, 3.63) is 27.7 Å². The van der Waals surface area contributed by atoms with Crippen LogP contribution in [0.1, 0.15) is 12.0 Å². The molecule has 16 heavy (non-hydrogen) atoms. The van der Waals surface area contributed by atoms with Crippen LogP contribution in [0.15, 0.2) is 12.1 Å². The van der Waals surface area contributed by atoms with Gasteiger partial charge >= 0.3 is 0 Å². The molecule has 0 bridgehead atoms. The molecule has 0 radical (unpaired) electrons. The molecule has 0 aromatic heterocycles. The lowest BCUT2D eigenvalue weighted by Gasteiger charge is -2.13. The Labute approximate surface area is 109 Å². The van der Waals surface area contributed by atoms with Crippen LogP contribution in [-0.4, -0.2) is 22.7 Å². The van der Waals surface area contributed by atoms with E-state index in [1.165, 1.54) is 12.2 Å². The van der Waals surface area contributed by atoms with Gasteiger partial charge < -0.3 is 10.4 Å². The van der Waals surface area contributed by atoms with E-state index in [-0.39, 0.29) is 5.75 Å². The molecule has 1 atom stereocenters. The van der Waals surface area contributed by atoms with Gasteiger partial charge in [0.05, 0.1) is 5.02 Å². The third kappa shape index (κ3) is 2.98.